The van der Waals surface area contributed by atoms with Crippen molar-refractivity contribution in [3.05, 3.63) is 47.5 Å². The van der Waals surface area contributed by atoms with Gasteiger partial charge in [0.1, 0.15) is 0 Å². The van der Waals surface area contributed by atoms with E-state index in [1.165, 1.54) is 11.3 Å². The van der Waals surface area contributed by atoms with Crippen molar-refractivity contribution in [1.29, 1.82) is 0 Å². The summed E-state index contributed by atoms with van der Waals surface area (Å²) in [4.78, 5) is 4.45. The molecule has 0 aliphatic heterocycles. The van der Waals surface area contributed by atoms with Gasteiger partial charge >= 0.3 is 0 Å². The maximum absolute atomic E-state index is 4.45. The molecule has 0 saturated carbocycles. The SMILES string of the molecule is CNC(CCc1ccnn1C)c1cc(C)ccn1. The molecule has 1 unspecified atom stereocenters. The number of aromatic nitrogens is 3. The number of hydrogen-bond acceptors (Lipinski definition) is 3. The first-order chi connectivity index (χ1) is 8.70. The van der Waals surface area contributed by atoms with Crippen LogP contribution in [0.2, 0.25) is 0 Å². The minimum Gasteiger partial charge on any atom is -0.312 e. The van der Waals surface area contributed by atoms with Crippen LogP contribution in [-0.2, 0) is 13.5 Å². The third kappa shape index (κ3) is 2.96. The third-order valence-corrected chi connectivity index (χ3v) is 3.25. The Hall–Kier alpha value is -1.68. The highest BCUT2D eigenvalue weighted by Crippen LogP contribution is 2.17. The van der Waals surface area contributed by atoms with E-state index >= 15 is 0 Å². The number of nitrogens with zero attached hydrogens (tertiary/aromatic N) is 3. The summed E-state index contributed by atoms with van der Waals surface area (Å²) in [6, 6.07) is 6.53. The predicted molar refractivity (Wildman–Crippen MR) is 72.3 cm³/mol. The fourth-order valence-corrected chi connectivity index (χ4v) is 2.13. The molecular formula is C14H20N4. The monoisotopic (exact) mass is 244 g/mol. The molecule has 2 aromatic rings. The fraction of sp³-hybridized carbons (Fsp3) is 0.429. The second kappa shape index (κ2) is 5.78. The number of aryl methyl sites for hydroxylation is 3. The van der Waals surface area contributed by atoms with Crippen molar-refractivity contribution in [3.63, 3.8) is 0 Å². The smallest absolute Gasteiger partial charge is 0.0575 e. The van der Waals surface area contributed by atoms with E-state index in [0.717, 1.165) is 18.5 Å². The molecule has 1 N–H and O–H groups in total. The van der Waals surface area contributed by atoms with Gasteiger partial charge in [0.25, 0.3) is 0 Å². The standard InChI is InChI=1S/C14H20N4/c1-11-6-8-16-14(10-11)13(15-2)5-4-12-7-9-17-18(12)3/h6-10,13,15H,4-5H2,1-3H3. The lowest BCUT2D eigenvalue weighted by Crippen LogP contribution is -2.19. The molecule has 0 bridgehead atoms. The van der Waals surface area contributed by atoms with Crippen LogP contribution >= 0.6 is 0 Å². The van der Waals surface area contributed by atoms with Crippen LogP contribution in [0.1, 0.15) is 29.4 Å². The highest BCUT2D eigenvalue weighted by Gasteiger charge is 2.11. The summed E-state index contributed by atoms with van der Waals surface area (Å²) in [7, 11) is 3.96. The van der Waals surface area contributed by atoms with Crippen LogP contribution < -0.4 is 5.32 Å². The van der Waals surface area contributed by atoms with Gasteiger partial charge in [-0.05, 0) is 50.6 Å². The van der Waals surface area contributed by atoms with Crippen molar-refractivity contribution < 1.29 is 0 Å². The van der Waals surface area contributed by atoms with Crippen LogP contribution in [-0.4, -0.2) is 21.8 Å². The predicted octanol–water partition coefficient (Wildman–Crippen LogP) is 2.02. The average molecular weight is 244 g/mol. The van der Waals surface area contributed by atoms with E-state index in [-0.39, 0.29) is 0 Å². The number of rotatable bonds is 5. The van der Waals surface area contributed by atoms with E-state index in [2.05, 4.69) is 34.5 Å². The van der Waals surface area contributed by atoms with Gasteiger partial charge in [0, 0.05) is 31.2 Å². The van der Waals surface area contributed by atoms with Crippen molar-refractivity contribution in [1.82, 2.24) is 20.1 Å². The summed E-state index contributed by atoms with van der Waals surface area (Å²) in [5.41, 5.74) is 3.61. The van der Waals surface area contributed by atoms with Gasteiger partial charge in [0.2, 0.25) is 0 Å². The number of nitrogens with one attached hydrogen (secondary N) is 1. The van der Waals surface area contributed by atoms with Crippen LogP contribution in [0.3, 0.4) is 0 Å². The van der Waals surface area contributed by atoms with Crippen LogP contribution in [0.5, 0.6) is 0 Å². The second-order valence-corrected chi connectivity index (χ2v) is 4.58. The molecule has 0 saturated heterocycles. The second-order valence-electron chi connectivity index (χ2n) is 4.58. The molecule has 0 spiro atoms. The summed E-state index contributed by atoms with van der Waals surface area (Å²) >= 11 is 0. The molecule has 2 rings (SSSR count). The Labute approximate surface area is 108 Å². The fourth-order valence-electron chi connectivity index (χ4n) is 2.13. The van der Waals surface area contributed by atoms with Gasteiger partial charge < -0.3 is 5.32 Å². The largest absolute Gasteiger partial charge is 0.312 e. The van der Waals surface area contributed by atoms with Gasteiger partial charge in [0.05, 0.1) is 5.69 Å². The number of pyridine rings is 1. The van der Waals surface area contributed by atoms with E-state index in [9.17, 15) is 0 Å². The quantitative estimate of drug-likeness (QED) is 0.875. The van der Waals surface area contributed by atoms with Gasteiger partial charge in [-0.25, -0.2) is 0 Å². The van der Waals surface area contributed by atoms with Crippen molar-refractivity contribution in [3.8, 4) is 0 Å². The Morgan fingerprint density at radius 3 is 2.78 bits per heavy atom. The van der Waals surface area contributed by atoms with Gasteiger partial charge in [-0.2, -0.15) is 5.10 Å². The molecular weight excluding hydrogens is 224 g/mol. The van der Waals surface area contributed by atoms with E-state index in [1.54, 1.807) is 0 Å². The first-order valence-electron chi connectivity index (χ1n) is 6.27. The van der Waals surface area contributed by atoms with Crippen LogP contribution in [0.4, 0.5) is 0 Å². The topological polar surface area (TPSA) is 42.7 Å². The summed E-state index contributed by atoms with van der Waals surface area (Å²) < 4.78 is 1.93. The van der Waals surface area contributed by atoms with Crippen LogP contribution in [0.15, 0.2) is 30.6 Å². The zero-order valence-electron chi connectivity index (χ0n) is 11.2. The van der Waals surface area contributed by atoms with Crippen molar-refractivity contribution in [2.24, 2.45) is 7.05 Å². The van der Waals surface area contributed by atoms with Gasteiger partial charge in [-0.3, -0.25) is 9.67 Å². The zero-order chi connectivity index (χ0) is 13.0. The molecule has 96 valence electrons. The molecule has 0 radical (unpaired) electrons. The molecule has 0 amide bonds. The van der Waals surface area contributed by atoms with E-state index in [0.29, 0.717) is 6.04 Å². The maximum Gasteiger partial charge on any atom is 0.0575 e. The highest BCUT2D eigenvalue weighted by atomic mass is 15.2. The first kappa shape index (κ1) is 12.8. The molecule has 0 aromatic carbocycles. The third-order valence-electron chi connectivity index (χ3n) is 3.25. The molecule has 0 fully saturated rings. The molecule has 2 aromatic heterocycles. The van der Waals surface area contributed by atoms with Gasteiger partial charge in [0.15, 0.2) is 0 Å². The first-order valence-corrected chi connectivity index (χ1v) is 6.27. The minimum absolute atomic E-state index is 0.291. The Balaban J connectivity index is 2.04. The molecule has 2 heterocycles. The summed E-state index contributed by atoms with van der Waals surface area (Å²) in [6.07, 6.45) is 5.73. The number of hydrogen-bond donors (Lipinski definition) is 1. The molecule has 1 atom stereocenters. The summed E-state index contributed by atoms with van der Waals surface area (Å²) in [5, 5.41) is 7.52. The lowest BCUT2D eigenvalue weighted by Gasteiger charge is -2.16. The average Bonchev–Trinajstić information content (AvgIpc) is 2.76. The minimum atomic E-state index is 0.291. The Bertz CT molecular complexity index is 504. The van der Waals surface area contributed by atoms with Gasteiger partial charge in [-0.15, -0.1) is 0 Å². The van der Waals surface area contributed by atoms with Crippen LogP contribution in [0, 0.1) is 6.92 Å². The van der Waals surface area contributed by atoms with Crippen molar-refractivity contribution >= 4 is 0 Å². The zero-order valence-corrected chi connectivity index (χ0v) is 11.2. The Morgan fingerprint density at radius 1 is 1.33 bits per heavy atom. The van der Waals surface area contributed by atoms with E-state index in [4.69, 9.17) is 0 Å². The normalized spacial score (nSPS) is 12.6. The summed E-state index contributed by atoms with van der Waals surface area (Å²) in [6.45, 7) is 2.10. The summed E-state index contributed by atoms with van der Waals surface area (Å²) in [5.74, 6) is 0. The maximum atomic E-state index is 4.45. The Morgan fingerprint density at radius 2 is 2.17 bits per heavy atom. The van der Waals surface area contributed by atoms with E-state index in [1.807, 2.05) is 37.2 Å². The molecule has 18 heavy (non-hydrogen) atoms. The van der Waals surface area contributed by atoms with Crippen LogP contribution in [0.25, 0.3) is 0 Å². The lowest BCUT2D eigenvalue weighted by atomic mass is 10.0. The van der Waals surface area contributed by atoms with E-state index < -0.39 is 0 Å². The van der Waals surface area contributed by atoms with Crippen molar-refractivity contribution in [2.75, 3.05) is 7.05 Å². The van der Waals surface area contributed by atoms with Gasteiger partial charge in [-0.1, -0.05) is 0 Å². The molecule has 0 aliphatic rings. The van der Waals surface area contributed by atoms with Crippen molar-refractivity contribution in [2.45, 2.75) is 25.8 Å². The molecule has 4 heteroatoms. The lowest BCUT2D eigenvalue weighted by molar-refractivity contribution is 0.523. The molecule has 4 nitrogen and oxygen atoms in total. The molecule has 0 aliphatic carbocycles. The highest BCUT2D eigenvalue weighted by molar-refractivity contribution is 5.17. The Kier molecular flexibility index (Phi) is 4.10.